The van der Waals surface area contributed by atoms with E-state index >= 15 is 0 Å². The van der Waals surface area contributed by atoms with Gasteiger partial charge in [0.25, 0.3) is 0 Å². The second kappa shape index (κ2) is 11.1. The Bertz CT molecular complexity index is 1030. The zero-order chi connectivity index (χ0) is 24.1. The molecule has 2 heterocycles. The fraction of sp³-hybridized carbons (Fsp3) is 0.429. The van der Waals surface area contributed by atoms with Crippen molar-refractivity contribution in [1.82, 2.24) is 9.80 Å². The van der Waals surface area contributed by atoms with Crippen LogP contribution in [0.4, 0.5) is 0 Å². The SMILES string of the molecule is C[C@@H]1CN(C(=O)Cc2cccc(C3=CCOCC3)c2)C[C@H](C)N1Cc1ccc(C(=O)CO)cc1. The standard InChI is InChI=1S/C28H34N2O4/c1-20-16-29(17-21(2)30(20)18-22-6-8-25(9-7-22)27(32)19-31)28(33)15-23-4-3-5-26(14-23)24-10-12-34-13-11-24/h3-10,14,20-21,31H,11-13,15-19H2,1-2H3/t20-,21+. The van der Waals surface area contributed by atoms with Gasteiger partial charge in [-0.15, -0.1) is 0 Å². The minimum atomic E-state index is -0.472. The van der Waals surface area contributed by atoms with Crippen LogP contribution in [-0.4, -0.2) is 71.6 Å². The molecule has 2 aliphatic rings. The van der Waals surface area contributed by atoms with E-state index in [-0.39, 0.29) is 23.8 Å². The third-order valence-electron chi connectivity index (χ3n) is 6.86. The Balaban J connectivity index is 1.36. The van der Waals surface area contributed by atoms with Crippen LogP contribution >= 0.6 is 0 Å². The van der Waals surface area contributed by atoms with Gasteiger partial charge in [-0.2, -0.15) is 0 Å². The average Bonchev–Trinajstić information content (AvgIpc) is 2.86. The number of carbonyl (C=O) groups is 2. The molecular formula is C28H34N2O4. The lowest BCUT2D eigenvalue weighted by atomic mass is 9.98. The maximum absolute atomic E-state index is 13.2. The van der Waals surface area contributed by atoms with Crippen LogP contribution in [0.2, 0.25) is 0 Å². The van der Waals surface area contributed by atoms with E-state index in [0.717, 1.165) is 30.7 Å². The number of hydrogen-bond donors (Lipinski definition) is 1. The first-order valence-electron chi connectivity index (χ1n) is 12.1. The number of ether oxygens (including phenoxy) is 1. The van der Waals surface area contributed by atoms with Crippen LogP contribution in [0.3, 0.4) is 0 Å². The number of aliphatic hydroxyl groups is 1. The molecule has 2 aromatic carbocycles. The summed E-state index contributed by atoms with van der Waals surface area (Å²) in [5, 5.41) is 9.03. The molecule has 0 bridgehead atoms. The molecule has 2 aliphatic heterocycles. The smallest absolute Gasteiger partial charge is 0.227 e. The number of piperazine rings is 1. The fourth-order valence-electron chi connectivity index (χ4n) is 4.93. The van der Waals surface area contributed by atoms with Crippen LogP contribution in [0, 0.1) is 0 Å². The highest BCUT2D eigenvalue weighted by Crippen LogP contribution is 2.24. The molecule has 0 unspecified atom stereocenters. The summed E-state index contributed by atoms with van der Waals surface area (Å²) >= 11 is 0. The van der Waals surface area contributed by atoms with Crippen molar-refractivity contribution in [3.8, 4) is 0 Å². The van der Waals surface area contributed by atoms with Gasteiger partial charge in [-0.1, -0.05) is 54.6 Å². The van der Waals surface area contributed by atoms with Gasteiger partial charge in [0.2, 0.25) is 5.91 Å². The molecule has 2 aromatic rings. The van der Waals surface area contributed by atoms with Gasteiger partial charge in [0.05, 0.1) is 19.6 Å². The molecule has 6 nitrogen and oxygen atoms in total. The van der Waals surface area contributed by atoms with Crippen LogP contribution in [0.25, 0.3) is 5.57 Å². The van der Waals surface area contributed by atoms with Crippen LogP contribution < -0.4 is 0 Å². The molecule has 1 amide bonds. The number of carbonyl (C=O) groups excluding carboxylic acids is 2. The molecule has 180 valence electrons. The summed E-state index contributed by atoms with van der Waals surface area (Å²) in [6.07, 6.45) is 3.46. The maximum Gasteiger partial charge on any atom is 0.227 e. The van der Waals surface area contributed by atoms with Gasteiger partial charge in [0.15, 0.2) is 5.78 Å². The van der Waals surface area contributed by atoms with Crippen molar-refractivity contribution in [3.63, 3.8) is 0 Å². The predicted octanol–water partition coefficient (Wildman–Crippen LogP) is 3.33. The van der Waals surface area contributed by atoms with E-state index in [2.05, 4.69) is 37.0 Å². The molecule has 0 spiro atoms. The zero-order valence-electron chi connectivity index (χ0n) is 20.1. The van der Waals surface area contributed by atoms with E-state index in [9.17, 15) is 9.59 Å². The minimum Gasteiger partial charge on any atom is -0.388 e. The second-order valence-corrected chi connectivity index (χ2v) is 9.38. The van der Waals surface area contributed by atoms with Gasteiger partial charge < -0.3 is 14.7 Å². The van der Waals surface area contributed by atoms with Crippen LogP contribution in [0.15, 0.2) is 54.6 Å². The van der Waals surface area contributed by atoms with Crippen molar-refractivity contribution in [1.29, 1.82) is 0 Å². The lowest BCUT2D eigenvalue weighted by Gasteiger charge is -2.44. The van der Waals surface area contributed by atoms with Crippen LogP contribution in [0.1, 0.15) is 47.3 Å². The van der Waals surface area contributed by atoms with Crippen molar-refractivity contribution >= 4 is 17.3 Å². The van der Waals surface area contributed by atoms with E-state index in [1.165, 1.54) is 11.1 Å². The van der Waals surface area contributed by atoms with Crippen LogP contribution in [-0.2, 0) is 22.5 Å². The quantitative estimate of drug-likeness (QED) is 0.640. The van der Waals surface area contributed by atoms with Crippen molar-refractivity contribution < 1.29 is 19.4 Å². The summed E-state index contributed by atoms with van der Waals surface area (Å²) in [5.41, 5.74) is 5.18. The Labute approximate surface area is 201 Å². The van der Waals surface area contributed by atoms with Crippen molar-refractivity contribution in [3.05, 3.63) is 76.9 Å². The molecule has 1 saturated heterocycles. The number of rotatable bonds is 7. The topological polar surface area (TPSA) is 70.1 Å². The Hall–Kier alpha value is -2.80. The van der Waals surface area contributed by atoms with E-state index in [1.54, 1.807) is 12.1 Å². The molecule has 0 aliphatic carbocycles. The third kappa shape index (κ3) is 5.81. The monoisotopic (exact) mass is 462 g/mol. The highest BCUT2D eigenvalue weighted by atomic mass is 16.5. The van der Waals surface area contributed by atoms with Gasteiger partial charge in [-0.25, -0.2) is 0 Å². The van der Waals surface area contributed by atoms with Crippen LogP contribution in [0.5, 0.6) is 0 Å². The Morgan fingerprint density at radius 1 is 1.03 bits per heavy atom. The maximum atomic E-state index is 13.2. The zero-order valence-corrected chi connectivity index (χ0v) is 20.1. The van der Waals surface area contributed by atoms with Crippen molar-refractivity contribution in [2.75, 3.05) is 32.9 Å². The van der Waals surface area contributed by atoms with E-state index < -0.39 is 6.61 Å². The lowest BCUT2D eigenvalue weighted by molar-refractivity contribution is -0.135. The average molecular weight is 463 g/mol. The van der Waals surface area contributed by atoms with E-state index in [4.69, 9.17) is 9.84 Å². The number of aliphatic hydroxyl groups excluding tert-OH is 1. The normalized spacial score (nSPS) is 21.3. The first-order chi connectivity index (χ1) is 16.4. The Morgan fingerprint density at radius 2 is 1.76 bits per heavy atom. The molecule has 1 N–H and O–H groups in total. The fourth-order valence-corrected chi connectivity index (χ4v) is 4.93. The molecule has 2 atom stereocenters. The molecule has 4 rings (SSSR count). The van der Waals surface area contributed by atoms with Gasteiger partial charge in [0.1, 0.15) is 6.61 Å². The first-order valence-corrected chi connectivity index (χ1v) is 12.1. The number of nitrogens with zero attached hydrogens (tertiary/aromatic N) is 2. The molecular weight excluding hydrogens is 428 g/mol. The minimum absolute atomic E-state index is 0.170. The summed E-state index contributed by atoms with van der Waals surface area (Å²) in [7, 11) is 0. The van der Waals surface area contributed by atoms with Crippen molar-refractivity contribution in [2.45, 2.75) is 45.3 Å². The van der Waals surface area contributed by atoms with Gasteiger partial charge in [-0.05, 0) is 42.5 Å². The summed E-state index contributed by atoms with van der Waals surface area (Å²) in [5.74, 6) is -0.0984. The molecule has 1 fully saturated rings. The predicted molar refractivity (Wildman–Crippen MR) is 132 cm³/mol. The van der Waals surface area contributed by atoms with Gasteiger partial charge in [-0.3, -0.25) is 14.5 Å². The number of hydrogen-bond acceptors (Lipinski definition) is 5. The summed E-state index contributed by atoms with van der Waals surface area (Å²) in [4.78, 5) is 29.2. The lowest BCUT2D eigenvalue weighted by Crippen LogP contribution is -2.57. The van der Waals surface area contributed by atoms with Gasteiger partial charge in [0, 0.05) is 37.3 Å². The largest absolute Gasteiger partial charge is 0.388 e. The highest BCUT2D eigenvalue weighted by molar-refractivity contribution is 5.96. The van der Waals surface area contributed by atoms with Crippen molar-refractivity contribution in [2.24, 2.45) is 0 Å². The Kier molecular flexibility index (Phi) is 7.93. The summed E-state index contributed by atoms with van der Waals surface area (Å²) < 4.78 is 5.42. The molecule has 0 aromatic heterocycles. The number of Topliss-reactive ketones (excluding diaryl/α,β-unsaturated/α-hetero) is 1. The number of ketones is 1. The van der Waals surface area contributed by atoms with Gasteiger partial charge >= 0.3 is 0 Å². The molecule has 34 heavy (non-hydrogen) atoms. The third-order valence-corrected chi connectivity index (χ3v) is 6.86. The number of benzene rings is 2. The molecule has 6 heteroatoms. The van der Waals surface area contributed by atoms with E-state index in [0.29, 0.717) is 31.7 Å². The summed E-state index contributed by atoms with van der Waals surface area (Å²) in [6.45, 7) is 7.43. The second-order valence-electron chi connectivity index (χ2n) is 9.38. The summed E-state index contributed by atoms with van der Waals surface area (Å²) in [6, 6.07) is 16.2. The Morgan fingerprint density at radius 3 is 2.41 bits per heavy atom. The van der Waals surface area contributed by atoms with E-state index in [1.807, 2.05) is 29.2 Å². The number of amides is 1. The first kappa shape index (κ1) is 24.3. The molecule has 0 radical (unpaired) electrons. The molecule has 0 saturated carbocycles. The highest BCUT2D eigenvalue weighted by Gasteiger charge is 2.31.